The zero-order chi connectivity index (χ0) is 17.2. The van der Waals surface area contributed by atoms with E-state index in [-0.39, 0.29) is 30.2 Å². The van der Waals surface area contributed by atoms with Crippen LogP contribution in [0, 0.1) is 12.7 Å². The van der Waals surface area contributed by atoms with E-state index < -0.39 is 5.60 Å². The topological polar surface area (TPSA) is 46.6 Å². The van der Waals surface area contributed by atoms with Crippen LogP contribution in [-0.4, -0.2) is 35.0 Å². The molecule has 23 heavy (non-hydrogen) atoms. The van der Waals surface area contributed by atoms with Crippen molar-refractivity contribution in [2.24, 2.45) is 0 Å². The van der Waals surface area contributed by atoms with Crippen molar-refractivity contribution in [3.8, 4) is 0 Å². The molecule has 0 aliphatic carbocycles. The molecule has 0 N–H and O–H groups in total. The van der Waals surface area contributed by atoms with Gasteiger partial charge in [-0.05, 0) is 52.2 Å². The highest BCUT2D eigenvalue weighted by molar-refractivity contribution is 5.96. The molecule has 0 aromatic heterocycles. The van der Waals surface area contributed by atoms with Crippen molar-refractivity contribution in [3.63, 3.8) is 0 Å². The summed E-state index contributed by atoms with van der Waals surface area (Å²) in [4.78, 5) is 26.2. The van der Waals surface area contributed by atoms with Gasteiger partial charge in [-0.2, -0.15) is 0 Å². The predicted octanol–water partition coefficient (Wildman–Crippen LogP) is 4.11. The summed E-state index contributed by atoms with van der Waals surface area (Å²) in [6.45, 7) is 7.70. The molecule has 1 fully saturated rings. The van der Waals surface area contributed by atoms with E-state index in [1.165, 1.54) is 6.07 Å². The molecular weight excluding hydrogens is 297 g/mol. The van der Waals surface area contributed by atoms with Crippen LogP contribution in [0.15, 0.2) is 18.2 Å². The van der Waals surface area contributed by atoms with Gasteiger partial charge in [-0.3, -0.25) is 4.79 Å². The molecule has 1 atom stereocenters. The fraction of sp³-hybridized carbons (Fsp3) is 0.556. The van der Waals surface area contributed by atoms with Crippen LogP contribution >= 0.6 is 0 Å². The van der Waals surface area contributed by atoms with Gasteiger partial charge in [-0.1, -0.05) is 12.1 Å². The van der Waals surface area contributed by atoms with Gasteiger partial charge in [-0.15, -0.1) is 0 Å². The van der Waals surface area contributed by atoms with Gasteiger partial charge in [0, 0.05) is 24.6 Å². The Balaban J connectivity index is 2.04. The molecule has 1 heterocycles. The number of benzene rings is 1. The molecule has 0 spiro atoms. The number of Topliss-reactive ketones (excluding diaryl/α,β-unsaturated/α-hetero) is 1. The normalized spacial score (nSPS) is 18.1. The fourth-order valence-corrected chi connectivity index (χ4v) is 2.71. The third kappa shape index (κ3) is 4.53. The Bertz CT molecular complexity index is 607. The van der Waals surface area contributed by atoms with Gasteiger partial charge in [-0.25, -0.2) is 9.18 Å². The van der Waals surface area contributed by atoms with Crippen LogP contribution in [0.25, 0.3) is 0 Å². The number of nitrogens with zero attached hydrogens (tertiary/aromatic N) is 1. The quantitative estimate of drug-likeness (QED) is 0.787. The third-order valence-electron chi connectivity index (χ3n) is 3.92. The Morgan fingerprint density at radius 2 is 2.04 bits per heavy atom. The van der Waals surface area contributed by atoms with Crippen molar-refractivity contribution in [2.75, 3.05) is 6.54 Å². The van der Waals surface area contributed by atoms with Crippen LogP contribution in [0.3, 0.4) is 0 Å². The summed E-state index contributed by atoms with van der Waals surface area (Å²) in [5.74, 6) is -0.532. The molecule has 4 nitrogen and oxygen atoms in total. The van der Waals surface area contributed by atoms with E-state index in [2.05, 4.69) is 0 Å². The lowest BCUT2D eigenvalue weighted by molar-refractivity contribution is 0.0223. The highest BCUT2D eigenvalue weighted by atomic mass is 19.1. The molecule has 0 radical (unpaired) electrons. The van der Waals surface area contributed by atoms with E-state index in [9.17, 15) is 14.0 Å². The number of likely N-dealkylation sites (tertiary alicyclic amines) is 1. The largest absolute Gasteiger partial charge is 0.444 e. The van der Waals surface area contributed by atoms with Gasteiger partial charge in [0.2, 0.25) is 0 Å². The van der Waals surface area contributed by atoms with Crippen LogP contribution in [-0.2, 0) is 4.74 Å². The Labute approximate surface area is 136 Å². The summed E-state index contributed by atoms with van der Waals surface area (Å²) >= 11 is 0. The molecule has 5 heteroatoms. The summed E-state index contributed by atoms with van der Waals surface area (Å²) in [6.07, 6.45) is 1.42. The highest BCUT2D eigenvalue weighted by Gasteiger charge is 2.33. The molecule has 1 unspecified atom stereocenters. The van der Waals surface area contributed by atoms with Gasteiger partial charge in [0.05, 0.1) is 0 Å². The van der Waals surface area contributed by atoms with E-state index in [0.717, 1.165) is 12.8 Å². The molecular formula is C18H24FNO3. The Hall–Kier alpha value is -1.91. The minimum Gasteiger partial charge on any atom is -0.444 e. The Morgan fingerprint density at radius 3 is 2.65 bits per heavy atom. The van der Waals surface area contributed by atoms with Gasteiger partial charge >= 0.3 is 6.09 Å². The lowest BCUT2D eigenvalue weighted by Gasteiger charge is -2.28. The molecule has 1 amide bonds. The van der Waals surface area contributed by atoms with Crippen molar-refractivity contribution < 1.29 is 18.7 Å². The average molecular weight is 321 g/mol. The number of ether oxygens (including phenoxy) is 1. The second-order valence-electron chi connectivity index (χ2n) is 7.06. The molecule has 1 aromatic carbocycles. The van der Waals surface area contributed by atoms with Crippen LogP contribution < -0.4 is 0 Å². The number of aryl methyl sites for hydroxylation is 1. The monoisotopic (exact) mass is 321 g/mol. The molecule has 1 saturated heterocycles. The van der Waals surface area contributed by atoms with Crippen molar-refractivity contribution in [1.29, 1.82) is 0 Å². The first-order valence-corrected chi connectivity index (χ1v) is 7.96. The summed E-state index contributed by atoms with van der Waals surface area (Å²) in [7, 11) is 0. The zero-order valence-electron chi connectivity index (χ0n) is 14.2. The van der Waals surface area contributed by atoms with E-state index in [0.29, 0.717) is 17.7 Å². The maximum Gasteiger partial charge on any atom is 0.410 e. The van der Waals surface area contributed by atoms with E-state index in [1.807, 2.05) is 20.8 Å². The van der Waals surface area contributed by atoms with Crippen LogP contribution in [0.4, 0.5) is 9.18 Å². The second kappa shape index (κ2) is 6.69. The van der Waals surface area contributed by atoms with E-state index in [1.54, 1.807) is 24.0 Å². The summed E-state index contributed by atoms with van der Waals surface area (Å²) in [5, 5.41) is 0. The number of halogens is 1. The number of ketones is 1. The smallest absolute Gasteiger partial charge is 0.410 e. The zero-order valence-corrected chi connectivity index (χ0v) is 14.2. The fourth-order valence-electron chi connectivity index (χ4n) is 2.71. The molecule has 1 aliphatic rings. The van der Waals surface area contributed by atoms with E-state index >= 15 is 0 Å². The van der Waals surface area contributed by atoms with Gasteiger partial charge in [0.1, 0.15) is 11.4 Å². The number of hydrogen-bond acceptors (Lipinski definition) is 3. The third-order valence-corrected chi connectivity index (χ3v) is 3.92. The van der Waals surface area contributed by atoms with Crippen molar-refractivity contribution in [2.45, 2.75) is 58.6 Å². The SMILES string of the molecule is Cc1ccc(C(=O)CC2CCCN2C(=O)OC(C)(C)C)cc1F. The summed E-state index contributed by atoms with van der Waals surface area (Å²) in [6, 6.07) is 4.32. The second-order valence-corrected chi connectivity index (χ2v) is 7.06. The maximum absolute atomic E-state index is 13.6. The van der Waals surface area contributed by atoms with E-state index in [4.69, 9.17) is 4.74 Å². The first kappa shape index (κ1) is 17.4. The maximum atomic E-state index is 13.6. The minimum atomic E-state index is -0.561. The van der Waals surface area contributed by atoms with Crippen LogP contribution in [0.2, 0.25) is 0 Å². The summed E-state index contributed by atoms with van der Waals surface area (Å²) < 4.78 is 19.0. The van der Waals surface area contributed by atoms with Crippen molar-refractivity contribution in [3.05, 3.63) is 35.1 Å². The number of carbonyl (C=O) groups is 2. The number of rotatable bonds is 3. The van der Waals surface area contributed by atoms with Gasteiger partial charge in [0.15, 0.2) is 5.78 Å². The average Bonchev–Trinajstić information content (AvgIpc) is 2.88. The lowest BCUT2D eigenvalue weighted by atomic mass is 10.0. The molecule has 0 saturated carbocycles. The first-order chi connectivity index (χ1) is 10.7. The highest BCUT2D eigenvalue weighted by Crippen LogP contribution is 2.24. The number of amides is 1. The van der Waals surface area contributed by atoms with Crippen LogP contribution in [0.1, 0.15) is 56.0 Å². The summed E-state index contributed by atoms with van der Waals surface area (Å²) in [5.41, 5.74) is 0.302. The minimum absolute atomic E-state index is 0.149. The standard InChI is InChI=1S/C18H24FNO3/c1-12-7-8-13(10-15(12)19)16(21)11-14-6-5-9-20(14)17(22)23-18(2,3)4/h7-8,10,14H,5-6,9,11H2,1-4H3. The molecule has 2 rings (SSSR count). The lowest BCUT2D eigenvalue weighted by Crippen LogP contribution is -2.40. The molecule has 0 bridgehead atoms. The molecule has 1 aliphatic heterocycles. The Kier molecular flexibility index (Phi) is 5.07. The van der Waals surface area contributed by atoms with Gasteiger partial charge in [0.25, 0.3) is 0 Å². The Morgan fingerprint density at radius 1 is 1.35 bits per heavy atom. The predicted molar refractivity (Wildman–Crippen MR) is 86.0 cm³/mol. The number of hydrogen-bond donors (Lipinski definition) is 0. The van der Waals surface area contributed by atoms with Crippen LogP contribution in [0.5, 0.6) is 0 Å². The van der Waals surface area contributed by atoms with Crippen molar-refractivity contribution in [1.82, 2.24) is 4.90 Å². The number of carbonyl (C=O) groups excluding carboxylic acids is 2. The molecule has 1 aromatic rings. The molecule has 126 valence electrons. The van der Waals surface area contributed by atoms with Gasteiger partial charge < -0.3 is 9.64 Å². The first-order valence-electron chi connectivity index (χ1n) is 7.96. The van der Waals surface area contributed by atoms with Crippen molar-refractivity contribution >= 4 is 11.9 Å².